The Bertz CT molecular complexity index is 1180. The minimum atomic E-state index is -3.68. The van der Waals surface area contributed by atoms with E-state index in [9.17, 15) is 13.2 Å². The highest BCUT2D eigenvalue weighted by Gasteiger charge is 2.34. The summed E-state index contributed by atoms with van der Waals surface area (Å²) in [5.74, 6) is -0.572. The maximum absolute atomic E-state index is 12.8. The first-order valence-electron chi connectivity index (χ1n) is 9.41. The number of hydrogen-bond donors (Lipinski definition) is 1. The Kier molecular flexibility index (Phi) is 6.68. The minimum absolute atomic E-state index is 0.0148. The van der Waals surface area contributed by atoms with Gasteiger partial charge < -0.3 is 4.42 Å². The van der Waals surface area contributed by atoms with Crippen molar-refractivity contribution in [2.45, 2.75) is 21.9 Å². The van der Waals surface area contributed by atoms with Gasteiger partial charge in [-0.1, -0.05) is 16.7 Å². The van der Waals surface area contributed by atoms with Crippen LogP contribution in [0.3, 0.4) is 0 Å². The van der Waals surface area contributed by atoms with Crippen LogP contribution in [0, 0.1) is 5.92 Å². The number of piperidine rings is 1. The van der Waals surface area contributed by atoms with Gasteiger partial charge in [-0.25, -0.2) is 8.42 Å². The number of amides is 1. The summed E-state index contributed by atoms with van der Waals surface area (Å²) in [5, 5.41) is 10.5. The molecule has 2 aromatic heterocycles. The van der Waals surface area contributed by atoms with Crippen LogP contribution in [0.15, 0.2) is 49.9 Å². The molecule has 0 radical (unpaired) electrons. The van der Waals surface area contributed by atoms with E-state index in [2.05, 4.69) is 15.5 Å². The van der Waals surface area contributed by atoms with Crippen LogP contribution in [0.4, 0.5) is 6.01 Å². The molecular formula is C19H19ClN4O4S3. The first-order valence-corrected chi connectivity index (χ1v) is 13.3. The summed E-state index contributed by atoms with van der Waals surface area (Å²) in [4.78, 5) is 13.8. The maximum atomic E-state index is 12.8. The number of thioether (sulfide) groups is 1. The van der Waals surface area contributed by atoms with E-state index >= 15 is 0 Å². The first-order chi connectivity index (χ1) is 14.9. The van der Waals surface area contributed by atoms with Gasteiger partial charge in [0.1, 0.15) is 4.21 Å². The summed E-state index contributed by atoms with van der Waals surface area (Å²) >= 11 is 8.51. The monoisotopic (exact) mass is 498 g/mol. The van der Waals surface area contributed by atoms with Gasteiger partial charge in [0.2, 0.25) is 11.8 Å². The van der Waals surface area contributed by atoms with Gasteiger partial charge in [-0.05, 0) is 55.5 Å². The molecule has 12 heteroatoms. The molecule has 1 aliphatic heterocycles. The molecule has 0 bridgehead atoms. The molecule has 1 unspecified atom stereocenters. The van der Waals surface area contributed by atoms with Crippen LogP contribution in [-0.4, -0.2) is 48.2 Å². The number of thiophene rings is 1. The van der Waals surface area contributed by atoms with Gasteiger partial charge in [0.25, 0.3) is 10.0 Å². The normalized spacial score (nSPS) is 17.5. The lowest BCUT2D eigenvalue weighted by Crippen LogP contribution is -2.43. The molecule has 1 fully saturated rings. The second kappa shape index (κ2) is 9.29. The number of halogens is 1. The third kappa shape index (κ3) is 4.96. The van der Waals surface area contributed by atoms with E-state index in [1.54, 1.807) is 17.8 Å². The van der Waals surface area contributed by atoms with Crippen molar-refractivity contribution in [2.24, 2.45) is 5.92 Å². The van der Waals surface area contributed by atoms with E-state index in [0.29, 0.717) is 29.6 Å². The Morgan fingerprint density at radius 1 is 1.26 bits per heavy atom. The van der Waals surface area contributed by atoms with Crippen molar-refractivity contribution < 1.29 is 17.6 Å². The molecule has 1 N–H and O–H groups in total. The third-order valence-electron chi connectivity index (χ3n) is 4.89. The van der Waals surface area contributed by atoms with Crippen LogP contribution in [0.1, 0.15) is 12.8 Å². The van der Waals surface area contributed by atoms with Crippen molar-refractivity contribution in [2.75, 3.05) is 24.7 Å². The Balaban J connectivity index is 1.42. The number of benzene rings is 1. The number of aromatic nitrogens is 2. The summed E-state index contributed by atoms with van der Waals surface area (Å²) in [6, 6.07) is 10.6. The van der Waals surface area contributed by atoms with E-state index in [1.807, 2.05) is 30.5 Å². The Hall–Kier alpha value is -1.92. The van der Waals surface area contributed by atoms with E-state index in [0.717, 1.165) is 21.8 Å². The quantitative estimate of drug-likeness (QED) is 0.507. The second-order valence-electron chi connectivity index (χ2n) is 6.89. The fraction of sp³-hybridized carbons (Fsp3) is 0.316. The molecule has 3 heterocycles. The number of carbonyl (C=O) groups is 1. The zero-order chi connectivity index (χ0) is 22.0. The van der Waals surface area contributed by atoms with Gasteiger partial charge in [-0.15, -0.1) is 28.2 Å². The predicted octanol–water partition coefficient (Wildman–Crippen LogP) is 4.21. The Morgan fingerprint density at radius 2 is 2.03 bits per heavy atom. The van der Waals surface area contributed by atoms with E-state index in [4.69, 9.17) is 16.0 Å². The smallest absolute Gasteiger partial charge is 0.322 e. The van der Waals surface area contributed by atoms with Crippen LogP contribution >= 0.6 is 34.7 Å². The van der Waals surface area contributed by atoms with Gasteiger partial charge >= 0.3 is 6.01 Å². The molecule has 4 rings (SSSR count). The number of carbonyl (C=O) groups excluding carboxylic acids is 1. The van der Waals surface area contributed by atoms with Crippen LogP contribution < -0.4 is 5.32 Å². The summed E-state index contributed by atoms with van der Waals surface area (Å²) in [5.41, 5.74) is 0.746. The van der Waals surface area contributed by atoms with Gasteiger partial charge in [0.15, 0.2) is 0 Å². The van der Waals surface area contributed by atoms with Gasteiger partial charge in [0.05, 0.1) is 10.3 Å². The number of anilines is 1. The highest BCUT2D eigenvalue weighted by molar-refractivity contribution is 7.98. The second-order valence-corrected chi connectivity index (χ2v) is 11.7. The minimum Gasteiger partial charge on any atom is -0.403 e. The van der Waals surface area contributed by atoms with Crippen LogP contribution in [0.25, 0.3) is 11.5 Å². The molecule has 164 valence electrons. The zero-order valence-electron chi connectivity index (χ0n) is 16.4. The van der Waals surface area contributed by atoms with E-state index in [-0.39, 0.29) is 22.7 Å². The molecule has 1 saturated heterocycles. The van der Waals surface area contributed by atoms with E-state index in [1.165, 1.54) is 10.4 Å². The third-order valence-corrected chi connectivity index (χ3v) is 9.20. The average Bonchev–Trinajstić information content (AvgIpc) is 3.43. The number of rotatable bonds is 6. The van der Waals surface area contributed by atoms with Crippen molar-refractivity contribution >= 4 is 56.6 Å². The van der Waals surface area contributed by atoms with Crippen molar-refractivity contribution in [1.82, 2.24) is 14.5 Å². The lowest BCUT2D eigenvalue weighted by atomic mass is 9.99. The summed E-state index contributed by atoms with van der Waals surface area (Å²) in [7, 11) is -3.68. The molecule has 0 saturated carbocycles. The zero-order valence-corrected chi connectivity index (χ0v) is 19.7. The topological polar surface area (TPSA) is 105 Å². The average molecular weight is 499 g/mol. The number of hydrogen-bond acceptors (Lipinski definition) is 8. The molecular weight excluding hydrogens is 480 g/mol. The molecule has 1 amide bonds. The molecule has 1 aromatic carbocycles. The number of nitrogens with zero attached hydrogens (tertiary/aromatic N) is 3. The highest BCUT2D eigenvalue weighted by atomic mass is 35.5. The van der Waals surface area contributed by atoms with E-state index < -0.39 is 15.9 Å². The van der Waals surface area contributed by atoms with Crippen LogP contribution in [-0.2, 0) is 14.8 Å². The molecule has 1 aliphatic rings. The SMILES string of the molecule is CSc1ccc(-c2nnc(NC(=O)C3CCCN(S(=O)(=O)c4ccc(Cl)s4)C3)o2)cc1. The number of nitrogens with one attached hydrogen (secondary N) is 1. The van der Waals surface area contributed by atoms with Crippen molar-refractivity contribution in [3.63, 3.8) is 0 Å². The molecule has 3 aromatic rings. The first kappa shape index (κ1) is 22.3. The Labute approximate surface area is 193 Å². The highest BCUT2D eigenvalue weighted by Crippen LogP contribution is 2.31. The molecule has 0 aliphatic carbocycles. The largest absolute Gasteiger partial charge is 0.403 e. The fourth-order valence-electron chi connectivity index (χ4n) is 3.27. The van der Waals surface area contributed by atoms with Gasteiger partial charge in [0, 0.05) is 23.5 Å². The summed E-state index contributed by atoms with van der Waals surface area (Å²) < 4.78 is 33.1. The summed E-state index contributed by atoms with van der Waals surface area (Å²) in [6.45, 7) is 0.444. The van der Waals surface area contributed by atoms with Crippen LogP contribution in [0.5, 0.6) is 0 Å². The molecule has 1 atom stereocenters. The standard InChI is InChI=1S/C19H19ClN4O4S3/c1-29-14-6-4-12(5-7-14)18-22-23-19(28-18)21-17(25)13-3-2-10-24(11-13)31(26,27)16-9-8-15(20)30-16/h4-9,13H,2-3,10-11H2,1H3,(H,21,23,25). The van der Waals surface area contributed by atoms with Crippen molar-refractivity contribution in [3.8, 4) is 11.5 Å². The predicted molar refractivity (Wildman–Crippen MR) is 121 cm³/mol. The summed E-state index contributed by atoms with van der Waals surface area (Å²) in [6.07, 6.45) is 3.13. The van der Waals surface area contributed by atoms with Crippen LogP contribution in [0.2, 0.25) is 4.34 Å². The van der Waals surface area contributed by atoms with Gasteiger partial charge in [-0.3, -0.25) is 10.1 Å². The molecule has 0 spiro atoms. The lowest BCUT2D eigenvalue weighted by molar-refractivity contribution is -0.121. The number of sulfonamides is 1. The molecule has 8 nitrogen and oxygen atoms in total. The fourth-order valence-corrected chi connectivity index (χ4v) is 6.84. The maximum Gasteiger partial charge on any atom is 0.322 e. The molecule has 31 heavy (non-hydrogen) atoms. The lowest BCUT2D eigenvalue weighted by Gasteiger charge is -2.30. The van der Waals surface area contributed by atoms with Gasteiger partial charge in [-0.2, -0.15) is 4.31 Å². The van der Waals surface area contributed by atoms with Crippen molar-refractivity contribution in [3.05, 3.63) is 40.7 Å². The Morgan fingerprint density at radius 3 is 2.71 bits per heavy atom. The van der Waals surface area contributed by atoms with Crippen molar-refractivity contribution in [1.29, 1.82) is 0 Å².